The molecule has 1 aliphatic rings. The number of carbonyl (C=O) groups excluding carboxylic acids is 1. The fourth-order valence-corrected chi connectivity index (χ4v) is 2.08. The van der Waals surface area contributed by atoms with Crippen molar-refractivity contribution in [3.8, 4) is 0 Å². The molecule has 4 atom stereocenters. The summed E-state index contributed by atoms with van der Waals surface area (Å²) in [6, 6.07) is 0. The maximum atomic E-state index is 10.8. The zero-order valence-electron chi connectivity index (χ0n) is 12.7. The van der Waals surface area contributed by atoms with E-state index in [1.165, 1.54) is 13.2 Å². The summed E-state index contributed by atoms with van der Waals surface area (Å²) in [5.74, 6) is -0.335. The third-order valence-corrected chi connectivity index (χ3v) is 3.44. The van der Waals surface area contributed by atoms with Crippen LogP contribution in [0, 0.1) is 0 Å². The summed E-state index contributed by atoms with van der Waals surface area (Å²) in [5, 5.41) is 19.3. The second-order valence-electron chi connectivity index (χ2n) is 5.23. The van der Waals surface area contributed by atoms with Crippen molar-refractivity contribution >= 4 is 5.97 Å². The van der Waals surface area contributed by atoms with Crippen LogP contribution in [0.4, 0.5) is 0 Å². The van der Waals surface area contributed by atoms with E-state index in [4.69, 9.17) is 9.47 Å². The summed E-state index contributed by atoms with van der Waals surface area (Å²) in [4.78, 5) is 10.8. The normalized spacial score (nSPS) is 29.7. The Balaban J connectivity index is 2.04. The molecule has 0 spiro atoms. The Hall–Kier alpha value is -0.950. The smallest absolute Gasteiger partial charge is 0.330 e. The number of unbranched alkanes of at least 4 members (excludes halogenated alkanes) is 3. The number of methoxy groups -OCH3 is 1. The molecule has 1 rings (SSSR count). The zero-order valence-corrected chi connectivity index (χ0v) is 12.7. The molecule has 0 bridgehead atoms. The van der Waals surface area contributed by atoms with Crippen molar-refractivity contribution in [3.63, 3.8) is 0 Å². The number of carbonyl (C=O) groups is 1. The number of ether oxygens (including phenoxy) is 3. The highest BCUT2D eigenvalue weighted by atomic mass is 16.7. The van der Waals surface area contributed by atoms with Crippen molar-refractivity contribution < 1.29 is 29.2 Å². The Kier molecular flexibility index (Phi) is 8.52. The third-order valence-electron chi connectivity index (χ3n) is 3.44. The Bertz CT molecular complexity index is 330. The molecule has 6 nitrogen and oxygen atoms in total. The molecule has 6 heteroatoms. The molecule has 1 heterocycles. The first-order chi connectivity index (χ1) is 10.0. The minimum Gasteiger partial charge on any atom is -0.466 e. The number of aliphatic hydroxyl groups excluding tert-OH is 2. The van der Waals surface area contributed by atoms with E-state index in [9.17, 15) is 15.0 Å². The molecular formula is C15H26O6. The van der Waals surface area contributed by atoms with E-state index in [1.807, 2.05) is 0 Å². The Morgan fingerprint density at radius 2 is 2.05 bits per heavy atom. The topological polar surface area (TPSA) is 85.2 Å². The molecule has 0 amide bonds. The van der Waals surface area contributed by atoms with Gasteiger partial charge in [0.25, 0.3) is 0 Å². The van der Waals surface area contributed by atoms with Gasteiger partial charge in [-0.15, -0.1) is 0 Å². The van der Waals surface area contributed by atoms with Crippen LogP contribution < -0.4 is 0 Å². The van der Waals surface area contributed by atoms with Gasteiger partial charge >= 0.3 is 5.97 Å². The molecule has 1 aliphatic heterocycles. The molecule has 122 valence electrons. The van der Waals surface area contributed by atoms with Gasteiger partial charge in [-0.25, -0.2) is 4.79 Å². The maximum absolute atomic E-state index is 10.8. The van der Waals surface area contributed by atoms with E-state index < -0.39 is 18.5 Å². The molecule has 0 aromatic rings. The Morgan fingerprint density at radius 1 is 1.29 bits per heavy atom. The van der Waals surface area contributed by atoms with Crippen LogP contribution in [0.15, 0.2) is 12.2 Å². The van der Waals surface area contributed by atoms with E-state index in [1.54, 1.807) is 13.0 Å². The predicted molar refractivity (Wildman–Crippen MR) is 76.5 cm³/mol. The van der Waals surface area contributed by atoms with Gasteiger partial charge in [0.05, 0.1) is 19.3 Å². The van der Waals surface area contributed by atoms with Crippen LogP contribution in [0.2, 0.25) is 0 Å². The first-order valence-electron chi connectivity index (χ1n) is 7.42. The molecule has 0 aromatic heterocycles. The molecule has 21 heavy (non-hydrogen) atoms. The fourth-order valence-electron chi connectivity index (χ4n) is 2.08. The van der Waals surface area contributed by atoms with Crippen LogP contribution in [0.25, 0.3) is 0 Å². The SMILES string of the molecule is COC(=O)/C=C/CCCCCOC1OC(C)[C@H](O)C[C@@H]1O. The van der Waals surface area contributed by atoms with Crippen molar-refractivity contribution in [3.05, 3.63) is 12.2 Å². The van der Waals surface area contributed by atoms with Crippen LogP contribution in [0.3, 0.4) is 0 Å². The molecule has 1 fully saturated rings. The highest BCUT2D eigenvalue weighted by molar-refractivity contribution is 5.81. The van der Waals surface area contributed by atoms with Gasteiger partial charge in [-0.05, 0) is 26.2 Å². The largest absolute Gasteiger partial charge is 0.466 e. The van der Waals surface area contributed by atoms with Gasteiger partial charge in [-0.1, -0.05) is 12.5 Å². The first-order valence-corrected chi connectivity index (χ1v) is 7.42. The molecule has 0 saturated carbocycles. The summed E-state index contributed by atoms with van der Waals surface area (Å²) < 4.78 is 15.4. The zero-order chi connectivity index (χ0) is 15.7. The second-order valence-corrected chi connectivity index (χ2v) is 5.23. The van der Waals surface area contributed by atoms with Crippen molar-refractivity contribution in [2.24, 2.45) is 0 Å². The highest BCUT2D eigenvalue weighted by Crippen LogP contribution is 2.21. The number of aliphatic hydroxyl groups is 2. The van der Waals surface area contributed by atoms with E-state index in [0.717, 1.165) is 25.7 Å². The summed E-state index contributed by atoms with van der Waals surface area (Å²) in [6.45, 7) is 2.27. The molecule has 1 saturated heterocycles. The molecule has 2 N–H and O–H groups in total. The Labute approximate surface area is 125 Å². The van der Waals surface area contributed by atoms with Crippen LogP contribution in [0.1, 0.15) is 39.0 Å². The lowest BCUT2D eigenvalue weighted by atomic mass is 10.0. The quantitative estimate of drug-likeness (QED) is 0.397. The first kappa shape index (κ1) is 18.1. The van der Waals surface area contributed by atoms with Crippen molar-refractivity contribution in [2.45, 2.75) is 63.6 Å². The van der Waals surface area contributed by atoms with Gasteiger partial charge in [-0.2, -0.15) is 0 Å². The molecule has 0 aromatic carbocycles. The van der Waals surface area contributed by atoms with Crippen molar-refractivity contribution in [1.82, 2.24) is 0 Å². The summed E-state index contributed by atoms with van der Waals surface area (Å²) >= 11 is 0. The number of rotatable bonds is 8. The van der Waals surface area contributed by atoms with Gasteiger partial charge in [0.2, 0.25) is 0 Å². The second kappa shape index (κ2) is 9.89. The van der Waals surface area contributed by atoms with Gasteiger partial charge in [-0.3, -0.25) is 0 Å². The predicted octanol–water partition coefficient (Wildman–Crippen LogP) is 1.15. The molecule has 0 radical (unpaired) electrons. The van der Waals surface area contributed by atoms with Crippen molar-refractivity contribution in [2.75, 3.05) is 13.7 Å². The van der Waals surface area contributed by atoms with Gasteiger partial charge < -0.3 is 24.4 Å². The molecule has 0 aliphatic carbocycles. The third kappa shape index (κ3) is 7.04. The number of hydrogen-bond donors (Lipinski definition) is 2. The van der Waals surface area contributed by atoms with E-state index in [0.29, 0.717) is 6.61 Å². The molecule has 2 unspecified atom stereocenters. The highest BCUT2D eigenvalue weighted by Gasteiger charge is 2.34. The summed E-state index contributed by atoms with van der Waals surface area (Å²) in [6.07, 6.45) is 4.72. The standard InChI is InChI=1S/C15H26O6/c1-11-12(16)10-13(17)15(21-11)20-9-7-5-3-4-6-8-14(18)19-2/h6,8,11-13,15-17H,3-5,7,9-10H2,1-2H3/b8-6+/t11?,12-,13+,15?/m1/s1. The lowest BCUT2D eigenvalue weighted by Gasteiger charge is -2.35. The van der Waals surface area contributed by atoms with Gasteiger partial charge in [0, 0.05) is 19.1 Å². The van der Waals surface area contributed by atoms with E-state index in [2.05, 4.69) is 4.74 Å². The van der Waals surface area contributed by atoms with Crippen LogP contribution >= 0.6 is 0 Å². The van der Waals surface area contributed by atoms with E-state index in [-0.39, 0.29) is 18.5 Å². The Morgan fingerprint density at radius 3 is 2.76 bits per heavy atom. The van der Waals surface area contributed by atoms with Crippen LogP contribution in [-0.2, 0) is 19.0 Å². The fraction of sp³-hybridized carbons (Fsp3) is 0.800. The average molecular weight is 302 g/mol. The van der Waals surface area contributed by atoms with Gasteiger partial charge in [0.15, 0.2) is 6.29 Å². The maximum Gasteiger partial charge on any atom is 0.330 e. The van der Waals surface area contributed by atoms with Crippen molar-refractivity contribution in [1.29, 1.82) is 0 Å². The average Bonchev–Trinajstić information content (AvgIpc) is 2.46. The van der Waals surface area contributed by atoms with Crippen LogP contribution in [0.5, 0.6) is 0 Å². The number of esters is 1. The van der Waals surface area contributed by atoms with Crippen LogP contribution in [-0.4, -0.2) is 54.5 Å². The monoisotopic (exact) mass is 302 g/mol. The van der Waals surface area contributed by atoms with E-state index >= 15 is 0 Å². The summed E-state index contributed by atoms with van der Waals surface area (Å²) in [7, 11) is 1.35. The molecular weight excluding hydrogens is 276 g/mol. The summed E-state index contributed by atoms with van der Waals surface area (Å²) in [5.41, 5.74) is 0. The lowest BCUT2D eigenvalue weighted by molar-refractivity contribution is -0.261. The minimum atomic E-state index is -0.779. The number of hydrogen-bond acceptors (Lipinski definition) is 6. The van der Waals surface area contributed by atoms with Gasteiger partial charge in [0.1, 0.15) is 6.10 Å². The lowest BCUT2D eigenvalue weighted by Crippen LogP contribution is -2.47. The number of allylic oxidation sites excluding steroid dienone is 1. The minimum absolute atomic E-state index is 0.282.